The SMILES string of the molecule is COCCCN1C(=O)c2ccccc2[C@@H]1Nc1cccc(C(=O)NCCC(C)C)c1. The Morgan fingerprint density at radius 3 is 2.73 bits per heavy atom. The maximum absolute atomic E-state index is 12.9. The average molecular weight is 410 g/mol. The number of nitrogens with one attached hydrogen (secondary N) is 2. The Labute approximate surface area is 178 Å². The van der Waals surface area contributed by atoms with Gasteiger partial charge < -0.3 is 20.3 Å². The molecule has 30 heavy (non-hydrogen) atoms. The summed E-state index contributed by atoms with van der Waals surface area (Å²) in [6.45, 7) is 6.12. The quantitative estimate of drug-likeness (QED) is 0.581. The van der Waals surface area contributed by atoms with E-state index in [4.69, 9.17) is 4.74 Å². The van der Waals surface area contributed by atoms with Gasteiger partial charge in [-0.3, -0.25) is 9.59 Å². The van der Waals surface area contributed by atoms with Gasteiger partial charge >= 0.3 is 0 Å². The van der Waals surface area contributed by atoms with E-state index in [2.05, 4.69) is 24.5 Å². The molecule has 2 N–H and O–H groups in total. The molecule has 2 amide bonds. The second kappa shape index (κ2) is 10.3. The number of amides is 2. The summed E-state index contributed by atoms with van der Waals surface area (Å²) in [7, 11) is 1.66. The third-order valence-corrected chi connectivity index (χ3v) is 5.24. The van der Waals surface area contributed by atoms with E-state index in [1.165, 1.54) is 0 Å². The number of anilines is 1. The first kappa shape index (κ1) is 21.8. The molecule has 1 aliphatic heterocycles. The zero-order chi connectivity index (χ0) is 21.5. The van der Waals surface area contributed by atoms with Crippen molar-refractivity contribution in [3.05, 3.63) is 65.2 Å². The molecule has 2 aromatic rings. The summed E-state index contributed by atoms with van der Waals surface area (Å²) in [5, 5.41) is 6.43. The average Bonchev–Trinajstić information content (AvgIpc) is 3.00. The normalized spacial score (nSPS) is 15.4. The molecule has 0 radical (unpaired) electrons. The van der Waals surface area contributed by atoms with E-state index in [1.54, 1.807) is 13.2 Å². The second-order valence-electron chi connectivity index (χ2n) is 8.00. The maximum atomic E-state index is 12.9. The lowest BCUT2D eigenvalue weighted by atomic mass is 10.1. The lowest BCUT2D eigenvalue weighted by Crippen LogP contribution is -2.33. The molecule has 0 spiro atoms. The molecule has 6 heteroatoms. The zero-order valence-corrected chi connectivity index (χ0v) is 18.0. The van der Waals surface area contributed by atoms with Crippen molar-refractivity contribution >= 4 is 17.5 Å². The Hall–Kier alpha value is -2.86. The maximum Gasteiger partial charge on any atom is 0.256 e. The van der Waals surface area contributed by atoms with Crippen molar-refractivity contribution in [3.63, 3.8) is 0 Å². The van der Waals surface area contributed by atoms with Gasteiger partial charge in [0.1, 0.15) is 6.17 Å². The van der Waals surface area contributed by atoms with Crippen molar-refractivity contribution in [2.75, 3.05) is 32.1 Å². The van der Waals surface area contributed by atoms with E-state index in [0.717, 1.165) is 29.7 Å². The lowest BCUT2D eigenvalue weighted by molar-refractivity contribution is 0.0721. The van der Waals surface area contributed by atoms with Crippen LogP contribution in [-0.2, 0) is 4.74 Å². The van der Waals surface area contributed by atoms with E-state index in [9.17, 15) is 9.59 Å². The van der Waals surface area contributed by atoms with Crippen molar-refractivity contribution in [1.82, 2.24) is 10.2 Å². The van der Waals surface area contributed by atoms with Crippen molar-refractivity contribution < 1.29 is 14.3 Å². The van der Waals surface area contributed by atoms with Gasteiger partial charge in [0, 0.05) is 49.2 Å². The molecule has 0 saturated carbocycles. The van der Waals surface area contributed by atoms with Crippen LogP contribution in [0.1, 0.15) is 59.1 Å². The van der Waals surface area contributed by atoms with Crippen LogP contribution < -0.4 is 10.6 Å². The Morgan fingerprint density at radius 2 is 1.97 bits per heavy atom. The highest BCUT2D eigenvalue weighted by molar-refractivity contribution is 5.99. The highest BCUT2D eigenvalue weighted by Gasteiger charge is 2.36. The number of benzene rings is 2. The second-order valence-corrected chi connectivity index (χ2v) is 8.00. The monoisotopic (exact) mass is 409 g/mol. The van der Waals surface area contributed by atoms with Gasteiger partial charge in [0.2, 0.25) is 0 Å². The molecule has 1 heterocycles. The fraction of sp³-hybridized carbons (Fsp3) is 0.417. The Morgan fingerprint density at radius 1 is 1.17 bits per heavy atom. The first-order chi connectivity index (χ1) is 14.5. The third kappa shape index (κ3) is 5.19. The minimum atomic E-state index is -0.273. The first-order valence-electron chi connectivity index (χ1n) is 10.5. The van der Waals surface area contributed by atoms with Crippen LogP contribution in [0.5, 0.6) is 0 Å². The van der Waals surface area contributed by atoms with Gasteiger partial charge in [0.25, 0.3) is 11.8 Å². The Bertz CT molecular complexity index is 882. The number of ether oxygens (including phenoxy) is 1. The van der Waals surface area contributed by atoms with Crippen LogP contribution in [0.25, 0.3) is 0 Å². The number of fused-ring (bicyclic) bond motifs is 1. The van der Waals surface area contributed by atoms with Crippen LogP contribution in [0.2, 0.25) is 0 Å². The summed E-state index contributed by atoms with van der Waals surface area (Å²) >= 11 is 0. The minimum Gasteiger partial charge on any atom is -0.385 e. The molecule has 0 aliphatic carbocycles. The van der Waals surface area contributed by atoms with Gasteiger partial charge in [-0.05, 0) is 43.0 Å². The van der Waals surface area contributed by atoms with Crippen LogP contribution in [0.15, 0.2) is 48.5 Å². The van der Waals surface area contributed by atoms with Crippen LogP contribution in [-0.4, -0.2) is 43.5 Å². The number of nitrogens with zero attached hydrogens (tertiary/aromatic N) is 1. The predicted octanol–water partition coefficient (Wildman–Crippen LogP) is 4.07. The van der Waals surface area contributed by atoms with Crippen molar-refractivity contribution in [2.24, 2.45) is 5.92 Å². The van der Waals surface area contributed by atoms with E-state index in [-0.39, 0.29) is 18.0 Å². The van der Waals surface area contributed by atoms with Gasteiger partial charge in [-0.25, -0.2) is 0 Å². The molecule has 0 saturated heterocycles. The number of methoxy groups -OCH3 is 1. The fourth-order valence-corrected chi connectivity index (χ4v) is 3.62. The topological polar surface area (TPSA) is 70.7 Å². The van der Waals surface area contributed by atoms with E-state index >= 15 is 0 Å². The van der Waals surface area contributed by atoms with Crippen LogP contribution in [0, 0.1) is 5.92 Å². The fourth-order valence-electron chi connectivity index (χ4n) is 3.62. The van der Waals surface area contributed by atoms with Gasteiger partial charge in [-0.2, -0.15) is 0 Å². The van der Waals surface area contributed by atoms with Crippen LogP contribution in [0.4, 0.5) is 5.69 Å². The summed E-state index contributed by atoms with van der Waals surface area (Å²) in [6, 6.07) is 15.1. The summed E-state index contributed by atoms with van der Waals surface area (Å²) in [5.74, 6) is 0.475. The molecule has 6 nitrogen and oxygen atoms in total. The first-order valence-corrected chi connectivity index (χ1v) is 10.5. The molecule has 1 atom stereocenters. The lowest BCUT2D eigenvalue weighted by Gasteiger charge is -2.27. The highest BCUT2D eigenvalue weighted by atomic mass is 16.5. The molecule has 2 aromatic carbocycles. The van der Waals surface area contributed by atoms with Gasteiger partial charge in [-0.15, -0.1) is 0 Å². The Balaban J connectivity index is 1.76. The van der Waals surface area contributed by atoms with E-state index in [0.29, 0.717) is 31.2 Å². The number of carbonyl (C=O) groups is 2. The molecule has 3 rings (SSSR count). The molecule has 0 fully saturated rings. The molecular weight excluding hydrogens is 378 g/mol. The Kier molecular flexibility index (Phi) is 7.46. The number of hydrogen-bond acceptors (Lipinski definition) is 4. The van der Waals surface area contributed by atoms with Gasteiger partial charge in [-0.1, -0.05) is 38.1 Å². The van der Waals surface area contributed by atoms with Crippen LogP contribution >= 0.6 is 0 Å². The molecule has 0 bridgehead atoms. The van der Waals surface area contributed by atoms with Crippen molar-refractivity contribution in [1.29, 1.82) is 0 Å². The molecular formula is C24H31N3O3. The van der Waals surface area contributed by atoms with Crippen LogP contribution in [0.3, 0.4) is 0 Å². The van der Waals surface area contributed by atoms with E-state index < -0.39 is 0 Å². The van der Waals surface area contributed by atoms with E-state index in [1.807, 2.05) is 47.4 Å². The zero-order valence-electron chi connectivity index (χ0n) is 18.0. The predicted molar refractivity (Wildman–Crippen MR) is 119 cm³/mol. The van der Waals surface area contributed by atoms with Crippen molar-refractivity contribution in [3.8, 4) is 0 Å². The summed E-state index contributed by atoms with van der Waals surface area (Å²) in [4.78, 5) is 27.2. The molecule has 0 aromatic heterocycles. The number of carbonyl (C=O) groups excluding carboxylic acids is 2. The summed E-state index contributed by atoms with van der Waals surface area (Å²) < 4.78 is 5.15. The number of hydrogen-bond donors (Lipinski definition) is 2. The standard InChI is InChI=1S/C24H31N3O3/c1-17(2)12-13-25-23(28)18-8-6-9-19(16-18)26-22-20-10-4-5-11-21(20)24(29)27(22)14-7-15-30-3/h4-6,8-11,16-17,22,26H,7,12-15H2,1-3H3,(H,25,28)/t22-/m1/s1. The highest BCUT2D eigenvalue weighted by Crippen LogP contribution is 2.34. The van der Waals surface area contributed by atoms with Gasteiger partial charge in [0.05, 0.1) is 0 Å². The molecule has 1 aliphatic rings. The molecule has 0 unspecified atom stereocenters. The van der Waals surface area contributed by atoms with Crippen molar-refractivity contribution in [2.45, 2.75) is 32.9 Å². The summed E-state index contributed by atoms with van der Waals surface area (Å²) in [6.07, 6.45) is 1.43. The summed E-state index contributed by atoms with van der Waals surface area (Å²) in [5.41, 5.74) is 3.08. The largest absolute Gasteiger partial charge is 0.385 e. The number of rotatable bonds is 10. The third-order valence-electron chi connectivity index (χ3n) is 5.24. The minimum absolute atomic E-state index is 0.0155. The molecule has 160 valence electrons. The van der Waals surface area contributed by atoms with Gasteiger partial charge in [0.15, 0.2) is 0 Å². The smallest absolute Gasteiger partial charge is 0.256 e.